The zero-order valence-corrected chi connectivity index (χ0v) is 19.7. The lowest BCUT2D eigenvalue weighted by atomic mass is 10.1. The molecule has 7 heteroatoms. The van der Waals surface area contributed by atoms with Crippen LogP contribution in [0.1, 0.15) is 34.1 Å². The van der Waals surface area contributed by atoms with E-state index in [1.165, 1.54) is 5.69 Å². The quantitative estimate of drug-likeness (QED) is 0.514. The van der Waals surface area contributed by atoms with Crippen LogP contribution < -0.4 is 15.5 Å². The summed E-state index contributed by atoms with van der Waals surface area (Å²) < 4.78 is 0. The van der Waals surface area contributed by atoms with Gasteiger partial charge in [0, 0.05) is 70.0 Å². The van der Waals surface area contributed by atoms with Gasteiger partial charge in [0.1, 0.15) is 0 Å². The first kappa shape index (κ1) is 23.4. The van der Waals surface area contributed by atoms with Crippen LogP contribution in [0, 0.1) is 5.92 Å². The molecule has 0 aliphatic carbocycles. The number of carbonyl (C=O) groups excluding carboxylic acids is 1. The van der Waals surface area contributed by atoms with Gasteiger partial charge in [0.2, 0.25) is 5.91 Å². The second kappa shape index (κ2) is 11.4. The minimum Gasteiger partial charge on any atom is -0.368 e. The second-order valence-electron chi connectivity index (χ2n) is 8.99. The molecule has 0 saturated carbocycles. The summed E-state index contributed by atoms with van der Waals surface area (Å²) >= 11 is 0. The summed E-state index contributed by atoms with van der Waals surface area (Å²) in [6.07, 6.45) is 0.459. The third-order valence-corrected chi connectivity index (χ3v) is 6.39. The van der Waals surface area contributed by atoms with Crippen molar-refractivity contribution in [2.75, 3.05) is 57.3 Å². The highest BCUT2D eigenvalue weighted by Crippen LogP contribution is 2.19. The Hall–Kier alpha value is -2.28. The van der Waals surface area contributed by atoms with E-state index in [0.717, 1.165) is 51.8 Å². The molecule has 0 radical (unpaired) electrons. The molecule has 2 N–H and O–H groups in total. The number of hydrogen-bond acceptors (Lipinski definition) is 4. The van der Waals surface area contributed by atoms with Gasteiger partial charge in [0.15, 0.2) is 5.96 Å². The Labute approximate surface area is 187 Å². The minimum absolute atomic E-state index is 0.201. The van der Waals surface area contributed by atoms with E-state index in [-0.39, 0.29) is 5.91 Å². The number of anilines is 1. The number of nitrogens with zero attached hydrogens (tertiary/aromatic N) is 4. The summed E-state index contributed by atoms with van der Waals surface area (Å²) in [7, 11) is 0. The molecule has 2 unspecified atom stereocenters. The minimum atomic E-state index is 0.201. The SMILES string of the molecule is CCNC(=NCCC(=O)N1CCN(c2ccccc2)CC1)NC1CN(C(C)C)CC1C. The van der Waals surface area contributed by atoms with Crippen LogP contribution in [0.25, 0.3) is 0 Å². The molecular weight excluding hydrogens is 388 g/mol. The Morgan fingerprint density at radius 3 is 2.45 bits per heavy atom. The van der Waals surface area contributed by atoms with Crippen LogP contribution in [-0.4, -0.2) is 86.1 Å². The van der Waals surface area contributed by atoms with Crippen molar-refractivity contribution in [2.24, 2.45) is 10.9 Å². The summed E-state index contributed by atoms with van der Waals surface area (Å²) in [5.74, 6) is 1.60. The molecule has 2 saturated heterocycles. The zero-order chi connectivity index (χ0) is 22.2. The molecule has 2 aliphatic heterocycles. The van der Waals surface area contributed by atoms with Gasteiger partial charge in [-0.1, -0.05) is 25.1 Å². The number of carbonyl (C=O) groups is 1. The Kier molecular flexibility index (Phi) is 8.58. The smallest absolute Gasteiger partial charge is 0.224 e. The van der Waals surface area contributed by atoms with E-state index < -0.39 is 0 Å². The number of nitrogens with one attached hydrogen (secondary N) is 2. The molecule has 2 fully saturated rings. The topological polar surface area (TPSA) is 63.2 Å². The fourth-order valence-corrected chi connectivity index (χ4v) is 4.38. The summed E-state index contributed by atoms with van der Waals surface area (Å²) in [4.78, 5) is 24.2. The van der Waals surface area contributed by atoms with E-state index in [1.807, 2.05) is 11.0 Å². The molecule has 31 heavy (non-hydrogen) atoms. The first-order chi connectivity index (χ1) is 15.0. The van der Waals surface area contributed by atoms with Gasteiger partial charge in [-0.25, -0.2) is 0 Å². The van der Waals surface area contributed by atoms with Gasteiger partial charge in [-0.2, -0.15) is 0 Å². The molecular formula is C24H40N6O. The molecule has 1 amide bonds. The number of guanidine groups is 1. The Balaban J connectivity index is 1.45. The average molecular weight is 429 g/mol. The average Bonchev–Trinajstić information content (AvgIpc) is 3.15. The van der Waals surface area contributed by atoms with E-state index in [2.05, 4.69) is 72.4 Å². The number of hydrogen-bond donors (Lipinski definition) is 2. The van der Waals surface area contributed by atoms with Gasteiger partial charge in [-0.3, -0.25) is 14.7 Å². The van der Waals surface area contributed by atoms with Crippen molar-refractivity contribution in [3.05, 3.63) is 30.3 Å². The predicted molar refractivity (Wildman–Crippen MR) is 129 cm³/mol. The van der Waals surface area contributed by atoms with Gasteiger partial charge in [0.05, 0.1) is 6.54 Å². The zero-order valence-electron chi connectivity index (χ0n) is 19.7. The molecule has 3 rings (SSSR count). The van der Waals surface area contributed by atoms with Crippen molar-refractivity contribution >= 4 is 17.6 Å². The number of aliphatic imine (C=N–C) groups is 1. The number of piperazine rings is 1. The Bertz CT molecular complexity index is 714. The van der Waals surface area contributed by atoms with Crippen LogP contribution in [0.15, 0.2) is 35.3 Å². The first-order valence-electron chi connectivity index (χ1n) is 11.8. The van der Waals surface area contributed by atoms with Gasteiger partial charge < -0.3 is 20.4 Å². The summed E-state index contributed by atoms with van der Waals surface area (Å²) in [5, 5.41) is 6.93. The third kappa shape index (κ3) is 6.60. The normalized spacial score (nSPS) is 22.8. The van der Waals surface area contributed by atoms with Gasteiger partial charge in [-0.05, 0) is 38.8 Å². The highest BCUT2D eigenvalue weighted by molar-refractivity contribution is 5.81. The van der Waals surface area contributed by atoms with Crippen molar-refractivity contribution in [1.82, 2.24) is 20.4 Å². The summed E-state index contributed by atoms with van der Waals surface area (Å²) in [6.45, 7) is 15.7. The highest BCUT2D eigenvalue weighted by Gasteiger charge is 2.31. The van der Waals surface area contributed by atoms with Crippen molar-refractivity contribution in [1.29, 1.82) is 0 Å². The lowest BCUT2D eigenvalue weighted by Crippen LogP contribution is -2.49. The molecule has 0 bridgehead atoms. The molecule has 0 aromatic heterocycles. The molecule has 172 valence electrons. The second-order valence-corrected chi connectivity index (χ2v) is 8.99. The lowest BCUT2D eigenvalue weighted by molar-refractivity contribution is -0.131. The van der Waals surface area contributed by atoms with E-state index in [4.69, 9.17) is 4.99 Å². The fourth-order valence-electron chi connectivity index (χ4n) is 4.38. The van der Waals surface area contributed by atoms with Crippen LogP contribution in [0.2, 0.25) is 0 Å². The predicted octanol–water partition coefficient (Wildman–Crippen LogP) is 2.01. The van der Waals surface area contributed by atoms with Crippen LogP contribution in [0.5, 0.6) is 0 Å². The largest absolute Gasteiger partial charge is 0.368 e. The Morgan fingerprint density at radius 2 is 1.84 bits per heavy atom. The van der Waals surface area contributed by atoms with Gasteiger partial charge in [0.25, 0.3) is 0 Å². The third-order valence-electron chi connectivity index (χ3n) is 6.39. The number of rotatable bonds is 7. The number of amides is 1. The van der Waals surface area contributed by atoms with E-state index in [9.17, 15) is 4.79 Å². The molecule has 1 aromatic rings. The van der Waals surface area contributed by atoms with Crippen molar-refractivity contribution in [3.63, 3.8) is 0 Å². The molecule has 0 spiro atoms. The highest BCUT2D eigenvalue weighted by atomic mass is 16.2. The molecule has 2 atom stereocenters. The van der Waals surface area contributed by atoms with Gasteiger partial charge in [-0.15, -0.1) is 0 Å². The van der Waals surface area contributed by atoms with Crippen LogP contribution in [-0.2, 0) is 4.79 Å². The molecule has 2 heterocycles. The molecule has 2 aliphatic rings. The van der Waals surface area contributed by atoms with Crippen LogP contribution >= 0.6 is 0 Å². The van der Waals surface area contributed by atoms with E-state index in [0.29, 0.717) is 31.0 Å². The summed E-state index contributed by atoms with van der Waals surface area (Å²) in [5.41, 5.74) is 1.23. The van der Waals surface area contributed by atoms with E-state index in [1.54, 1.807) is 0 Å². The Morgan fingerprint density at radius 1 is 1.13 bits per heavy atom. The monoisotopic (exact) mass is 428 g/mol. The summed E-state index contributed by atoms with van der Waals surface area (Å²) in [6, 6.07) is 11.4. The van der Waals surface area contributed by atoms with Gasteiger partial charge >= 0.3 is 0 Å². The maximum atomic E-state index is 12.7. The number of benzene rings is 1. The van der Waals surface area contributed by atoms with E-state index >= 15 is 0 Å². The molecule has 1 aromatic carbocycles. The standard InChI is InChI=1S/C24H40N6O/c1-5-25-24(27-22-18-30(19(2)3)17-20(22)4)26-12-11-23(31)29-15-13-28(14-16-29)21-9-7-6-8-10-21/h6-10,19-20,22H,5,11-18H2,1-4H3,(H2,25,26,27). The van der Waals surface area contributed by atoms with Crippen LogP contribution in [0.4, 0.5) is 5.69 Å². The van der Waals surface area contributed by atoms with Crippen molar-refractivity contribution in [3.8, 4) is 0 Å². The molecule has 7 nitrogen and oxygen atoms in total. The first-order valence-corrected chi connectivity index (χ1v) is 11.8. The number of para-hydroxylation sites is 1. The fraction of sp³-hybridized carbons (Fsp3) is 0.667. The maximum Gasteiger partial charge on any atom is 0.224 e. The lowest BCUT2D eigenvalue weighted by Gasteiger charge is -2.36. The van der Waals surface area contributed by atoms with Crippen molar-refractivity contribution in [2.45, 2.75) is 46.2 Å². The van der Waals surface area contributed by atoms with Crippen molar-refractivity contribution < 1.29 is 4.79 Å². The van der Waals surface area contributed by atoms with Crippen LogP contribution in [0.3, 0.4) is 0 Å². The maximum absolute atomic E-state index is 12.7. The number of likely N-dealkylation sites (tertiary alicyclic amines) is 1.